The summed E-state index contributed by atoms with van der Waals surface area (Å²) < 4.78 is 40.6. The summed E-state index contributed by atoms with van der Waals surface area (Å²) in [6.07, 6.45) is 3.60. The number of aromatic nitrogens is 2. The van der Waals surface area contributed by atoms with Crippen LogP contribution in [0.4, 0.5) is 8.78 Å². The molecule has 1 N–H and O–H groups in total. The minimum Gasteiger partial charge on any atom is -0.485 e. The molecule has 1 fully saturated rings. The Morgan fingerprint density at radius 1 is 1.14 bits per heavy atom. The number of pyridine rings is 1. The SMILES string of the molecule is Cc1nc2c(OCc3c(F)cccc3F)cccn2c1C(=O)NCC1(CC(=O)OC(C)(C)C)CC1. The number of nitrogens with one attached hydrogen (secondary N) is 1. The van der Waals surface area contributed by atoms with E-state index in [1.807, 2.05) is 20.8 Å². The number of imidazole rings is 1. The van der Waals surface area contributed by atoms with Crippen LogP contribution in [0.5, 0.6) is 5.75 Å². The number of aryl methyl sites for hydroxylation is 1. The third-order valence-electron chi connectivity index (χ3n) is 5.96. The van der Waals surface area contributed by atoms with E-state index in [0.29, 0.717) is 29.3 Å². The fraction of sp³-hybridized carbons (Fsp3) is 0.423. The van der Waals surface area contributed by atoms with E-state index in [9.17, 15) is 18.4 Å². The van der Waals surface area contributed by atoms with Crippen molar-refractivity contribution in [1.29, 1.82) is 0 Å². The van der Waals surface area contributed by atoms with E-state index < -0.39 is 17.2 Å². The number of halogens is 2. The van der Waals surface area contributed by atoms with Gasteiger partial charge in [-0.2, -0.15) is 0 Å². The molecule has 1 saturated carbocycles. The summed E-state index contributed by atoms with van der Waals surface area (Å²) >= 11 is 0. The number of carbonyl (C=O) groups is 2. The first-order valence-electron chi connectivity index (χ1n) is 11.5. The Kier molecular flexibility index (Phi) is 6.53. The van der Waals surface area contributed by atoms with E-state index in [2.05, 4.69) is 10.3 Å². The van der Waals surface area contributed by atoms with Gasteiger partial charge in [0.15, 0.2) is 11.4 Å². The van der Waals surface area contributed by atoms with Crippen LogP contribution in [0, 0.1) is 24.0 Å². The zero-order valence-electron chi connectivity index (χ0n) is 20.3. The van der Waals surface area contributed by atoms with Crippen LogP contribution in [0.25, 0.3) is 5.65 Å². The van der Waals surface area contributed by atoms with Gasteiger partial charge in [-0.1, -0.05) is 6.07 Å². The van der Waals surface area contributed by atoms with Gasteiger partial charge in [0.05, 0.1) is 17.7 Å². The number of fused-ring (bicyclic) bond motifs is 1. The first-order chi connectivity index (χ1) is 16.5. The molecule has 0 bridgehead atoms. The lowest BCUT2D eigenvalue weighted by atomic mass is 10.0. The lowest BCUT2D eigenvalue weighted by Gasteiger charge is -2.22. The average molecular weight is 486 g/mol. The molecule has 1 aliphatic carbocycles. The Morgan fingerprint density at radius 2 is 1.83 bits per heavy atom. The van der Waals surface area contributed by atoms with E-state index >= 15 is 0 Å². The fourth-order valence-corrected chi connectivity index (χ4v) is 3.99. The van der Waals surface area contributed by atoms with E-state index in [4.69, 9.17) is 9.47 Å². The monoisotopic (exact) mass is 485 g/mol. The Morgan fingerprint density at radius 3 is 2.46 bits per heavy atom. The topological polar surface area (TPSA) is 81.9 Å². The Bertz CT molecular complexity index is 1260. The van der Waals surface area contributed by atoms with Crippen molar-refractivity contribution in [3.63, 3.8) is 0 Å². The van der Waals surface area contributed by atoms with E-state index in [0.717, 1.165) is 12.8 Å². The third-order valence-corrected chi connectivity index (χ3v) is 5.96. The van der Waals surface area contributed by atoms with Gasteiger partial charge in [0, 0.05) is 12.7 Å². The van der Waals surface area contributed by atoms with Crippen molar-refractivity contribution in [3.8, 4) is 5.75 Å². The van der Waals surface area contributed by atoms with Crippen LogP contribution < -0.4 is 10.1 Å². The van der Waals surface area contributed by atoms with E-state index in [1.165, 1.54) is 18.2 Å². The molecule has 2 aromatic heterocycles. The molecule has 1 amide bonds. The van der Waals surface area contributed by atoms with Crippen LogP contribution in [0.1, 0.15) is 61.8 Å². The van der Waals surface area contributed by atoms with Crippen LogP contribution in [0.15, 0.2) is 36.5 Å². The predicted octanol–water partition coefficient (Wildman–Crippen LogP) is 4.74. The van der Waals surface area contributed by atoms with Crippen molar-refractivity contribution in [2.75, 3.05) is 6.54 Å². The van der Waals surface area contributed by atoms with Gasteiger partial charge in [-0.05, 0) is 70.2 Å². The summed E-state index contributed by atoms with van der Waals surface area (Å²) in [5, 5.41) is 2.93. The fourth-order valence-electron chi connectivity index (χ4n) is 3.99. The molecular formula is C26H29F2N3O4. The molecule has 1 aromatic carbocycles. The molecule has 0 saturated heterocycles. The van der Waals surface area contributed by atoms with Gasteiger partial charge >= 0.3 is 5.97 Å². The normalized spacial score (nSPS) is 14.6. The number of esters is 1. The standard InChI is InChI=1S/C26H29F2N3O4/c1-16-22(24(33)29-15-26(10-11-26)13-21(32)35-25(2,3)4)31-12-6-9-20(23(31)30-16)34-14-17-18(27)7-5-8-19(17)28/h5-9,12H,10-11,13-15H2,1-4H3,(H,29,33). The van der Waals surface area contributed by atoms with Crippen molar-refractivity contribution >= 4 is 17.5 Å². The first-order valence-corrected chi connectivity index (χ1v) is 11.5. The van der Waals surface area contributed by atoms with Crippen molar-refractivity contribution in [2.24, 2.45) is 5.41 Å². The maximum absolute atomic E-state index is 14.0. The summed E-state index contributed by atoms with van der Waals surface area (Å²) in [6.45, 7) is 7.20. The first kappa shape index (κ1) is 24.6. The second kappa shape index (κ2) is 9.28. The van der Waals surface area contributed by atoms with E-state index in [1.54, 1.807) is 29.7 Å². The minimum atomic E-state index is -0.697. The maximum atomic E-state index is 14.0. The number of ether oxygens (including phenoxy) is 2. The van der Waals surface area contributed by atoms with Crippen molar-refractivity contribution in [1.82, 2.24) is 14.7 Å². The van der Waals surface area contributed by atoms with Crippen LogP contribution in [0.3, 0.4) is 0 Å². The van der Waals surface area contributed by atoms with Crippen molar-refractivity contribution in [3.05, 3.63) is 65.1 Å². The van der Waals surface area contributed by atoms with Crippen LogP contribution in [-0.4, -0.2) is 33.4 Å². The Hall–Kier alpha value is -3.49. The average Bonchev–Trinajstić information content (AvgIpc) is 3.42. The molecule has 186 valence electrons. The summed E-state index contributed by atoms with van der Waals surface area (Å²) in [4.78, 5) is 29.8. The molecule has 2 heterocycles. The number of hydrogen-bond acceptors (Lipinski definition) is 5. The van der Waals surface area contributed by atoms with Gasteiger partial charge in [-0.3, -0.25) is 14.0 Å². The van der Waals surface area contributed by atoms with Gasteiger partial charge in [-0.15, -0.1) is 0 Å². The molecule has 3 aromatic rings. The van der Waals surface area contributed by atoms with Gasteiger partial charge in [-0.25, -0.2) is 13.8 Å². The Labute approximate surface area is 202 Å². The molecule has 0 atom stereocenters. The van der Waals surface area contributed by atoms with E-state index in [-0.39, 0.29) is 35.9 Å². The number of carbonyl (C=O) groups excluding carboxylic acids is 2. The molecule has 7 nitrogen and oxygen atoms in total. The number of amides is 1. The summed E-state index contributed by atoms with van der Waals surface area (Å²) in [5.74, 6) is -1.71. The molecule has 0 radical (unpaired) electrons. The zero-order chi connectivity index (χ0) is 25.4. The highest BCUT2D eigenvalue weighted by Gasteiger charge is 2.45. The number of hydrogen-bond donors (Lipinski definition) is 1. The van der Waals surface area contributed by atoms with Crippen LogP contribution in [-0.2, 0) is 16.1 Å². The maximum Gasteiger partial charge on any atom is 0.306 e. The zero-order valence-corrected chi connectivity index (χ0v) is 20.3. The Balaban J connectivity index is 1.47. The van der Waals surface area contributed by atoms with Crippen molar-refractivity contribution < 1.29 is 27.8 Å². The van der Waals surface area contributed by atoms with Gasteiger partial charge < -0.3 is 14.8 Å². The smallest absolute Gasteiger partial charge is 0.306 e. The predicted molar refractivity (Wildman–Crippen MR) is 125 cm³/mol. The summed E-state index contributed by atoms with van der Waals surface area (Å²) in [7, 11) is 0. The molecule has 0 unspecified atom stereocenters. The molecule has 9 heteroatoms. The highest BCUT2D eigenvalue weighted by Crippen LogP contribution is 2.48. The van der Waals surface area contributed by atoms with Gasteiger partial charge in [0.2, 0.25) is 0 Å². The number of rotatable bonds is 8. The van der Waals surface area contributed by atoms with Crippen LogP contribution in [0.2, 0.25) is 0 Å². The molecule has 1 aliphatic rings. The second-order valence-corrected chi connectivity index (χ2v) is 10.0. The van der Waals surface area contributed by atoms with Crippen LogP contribution >= 0.6 is 0 Å². The molecule has 4 rings (SSSR count). The third kappa shape index (κ3) is 5.61. The minimum absolute atomic E-state index is 0.185. The van der Waals surface area contributed by atoms with Crippen molar-refractivity contribution in [2.45, 2.75) is 59.2 Å². The molecule has 35 heavy (non-hydrogen) atoms. The highest BCUT2D eigenvalue weighted by molar-refractivity contribution is 5.95. The lowest BCUT2D eigenvalue weighted by molar-refractivity contribution is -0.156. The molecular weight excluding hydrogens is 456 g/mol. The lowest BCUT2D eigenvalue weighted by Crippen LogP contribution is -2.34. The summed E-state index contributed by atoms with van der Waals surface area (Å²) in [5.41, 5.74) is 0.146. The highest BCUT2D eigenvalue weighted by atomic mass is 19.1. The number of benzene rings is 1. The largest absolute Gasteiger partial charge is 0.485 e. The summed E-state index contributed by atoms with van der Waals surface area (Å²) in [6, 6.07) is 6.92. The quantitative estimate of drug-likeness (QED) is 0.466. The molecule has 0 spiro atoms. The molecule has 0 aliphatic heterocycles. The van der Waals surface area contributed by atoms with Gasteiger partial charge in [0.1, 0.15) is 29.5 Å². The number of nitrogens with zero attached hydrogens (tertiary/aromatic N) is 2. The second-order valence-electron chi connectivity index (χ2n) is 10.0. The van der Waals surface area contributed by atoms with Gasteiger partial charge in [0.25, 0.3) is 5.91 Å².